The number of anilines is 1. The van der Waals surface area contributed by atoms with Crippen LogP contribution in [0.15, 0.2) is 12.7 Å². The third-order valence-electron chi connectivity index (χ3n) is 5.78. The van der Waals surface area contributed by atoms with Crippen molar-refractivity contribution < 1.29 is 87.2 Å². The fourth-order valence-electron chi connectivity index (χ4n) is 3.95. The number of nitrogens with zero attached hydrogens (tertiary/aromatic N) is 6. The fraction of sp³-hybridized carbons (Fsp3) is 0.550. The zero-order valence-corrected chi connectivity index (χ0v) is 25.6. The molecule has 0 spiro atoms. The lowest BCUT2D eigenvalue weighted by atomic mass is 10.1. The van der Waals surface area contributed by atoms with Gasteiger partial charge in [0.25, 0.3) is 0 Å². The highest BCUT2D eigenvalue weighted by Crippen LogP contribution is 2.57. The van der Waals surface area contributed by atoms with E-state index >= 15 is 0 Å². The van der Waals surface area contributed by atoms with Gasteiger partial charge in [-0.3, -0.25) is 38.1 Å². The van der Waals surface area contributed by atoms with Crippen molar-refractivity contribution in [1.29, 1.82) is 0 Å². The molecular formula is C20H31N7O18P2. The summed E-state index contributed by atoms with van der Waals surface area (Å²) in [7, 11) is -10.4. The lowest BCUT2D eigenvalue weighted by Gasteiger charge is -2.23. The van der Waals surface area contributed by atoms with Crippen molar-refractivity contribution in [3.8, 4) is 0 Å². The van der Waals surface area contributed by atoms with Gasteiger partial charge in [-0.2, -0.15) is 4.31 Å². The second-order valence-corrected chi connectivity index (χ2v) is 12.3. The van der Waals surface area contributed by atoms with Gasteiger partial charge in [0, 0.05) is 13.1 Å². The molecule has 0 aliphatic carbocycles. The number of carboxylic acid groups (broad SMARTS) is 4. The molecule has 0 amide bonds. The van der Waals surface area contributed by atoms with E-state index in [1.54, 1.807) is 0 Å². The average molecular weight is 719 g/mol. The second-order valence-electron chi connectivity index (χ2n) is 9.46. The Morgan fingerprint density at radius 1 is 0.851 bits per heavy atom. The van der Waals surface area contributed by atoms with E-state index in [4.69, 9.17) is 40.7 Å². The summed E-state index contributed by atoms with van der Waals surface area (Å²) in [5, 5.41) is 54.7. The Kier molecular flexibility index (Phi) is 14.2. The lowest BCUT2D eigenvalue weighted by molar-refractivity contribution is -0.145. The maximum atomic E-state index is 11.5. The number of aliphatic hydroxyl groups excluding tert-OH is 2. The third-order valence-corrected chi connectivity index (χ3v) is 7.93. The second kappa shape index (κ2) is 16.9. The van der Waals surface area contributed by atoms with Crippen LogP contribution in [-0.4, -0.2) is 163 Å². The molecule has 2 aromatic rings. The standard InChI is InChI=1S/C10H15N5O10P2.C10H16N2O8/c11-8-5-9(13-2-12-8)15(3-14-5)10-7(17)6(16)4(24-10)1-23-27(21,22)25-26(18,19)20;13-7(14)3-11(4-8(15)16)1-2-12(5-9(17)18)6-10(19)20/h2-4,6-7,10,16-17H,1H2,(H,21,22)(H2,11,12,13)(H2,18,19,20);1-6H2,(H,13,14)(H,15,16)(H,17,18)(H,19,20)/t4-,6-,7-,10-;/m1./s1. The molecule has 0 aromatic carbocycles. The summed E-state index contributed by atoms with van der Waals surface area (Å²) < 4.78 is 36.8. The SMILES string of the molecule is Nc1ncnc2c1ncn2[C@@H]1O[C@H](COP(=O)(O)OP(=O)(O)O)[C@@H](O)[C@H]1O.O=C(O)CN(CCN(CC(=O)O)CC(=O)O)CC(=O)O. The van der Waals surface area contributed by atoms with Crippen LogP contribution >= 0.6 is 15.6 Å². The highest BCUT2D eigenvalue weighted by molar-refractivity contribution is 7.60. The first kappa shape index (κ1) is 39.5. The number of imidazole rings is 1. The van der Waals surface area contributed by atoms with E-state index in [-0.39, 0.29) is 30.1 Å². The average Bonchev–Trinajstić information content (AvgIpc) is 3.45. The Hall–Kier alpha value is -3.71. The van der Waals surface area contributed by atoms with Crippen LogP contribution in [0.4, 0.5) is 5.82 Å². The first-order valence-electron chi connectivity index (χ1n) is 12.7. The van der Waals surface area contributed by atoms with E-state index in [0.29, 0.717) is 0 Å². The van der Waals surface area contributed by atoms with Gasteiger partial charge in [-0.1, -0.05) is 0 Å². The van der Waals surface area contributed by atoms with E-state index in [0.717, 1.165) is 16.1 Å². The van der Waals surface area contributed by atoms with Crippen molar-refractivity contribution in [2.45, 2.75) is 24.5 Å². The number of hydrogen-bond donors (Lipinski definition) is 10. The summed E-state index contributed by atoms with van der Waals surface area (Å²) in [6, 6.07) is 0. The zero-order chi connectivity index (χ0) is 35.7. The molecule has 3 heterocycles. The molecule has 47 heavy (non-hydrogen) atoms. The van der Waals surface area contributed by atoms with Crippen molar-refractivity contribution in [1.82, 2.24) is 29.3 Å². The molecule has 27 heteroatoms. The van der Waals surface area contributed by atoms with Crippen molar-refractivity contribution in [3.63, 3.8) is 0 Å². The van der Waals surface area contributed by atoms with Crippen LogP contribution in [0.5, 0.6) is 0 Å². The van der Waals surface area contributed by atoms with Gasteiger partial charge in [0.1, 0.15) is 30.2 Å². The number of ether oxygens (including phenoxy) is 1. The fourth-order valence-corrected chi connectivity index (χ4v) is 5.55. The summed E-state index contributed by atoms with van der Waals surface area (Å²) >= 11 is 0. The number of nitrogen functional groups attached to an aromatic ring is 1. The molecule has 0 radical (unpaired) electrons. The Morgan fingerprint density at radius 2 is 1.34 bits per heavy atom. The number of aromatic nitrogens is 4. The van der Waals surface area contributed by atoms with E-state index in [1.165, 1.54) is 10.9 Å². The number of carboxylic acids is 4. The van der Waals surface area contributed by atoms with Crippen LogP contribution in [-0.2, 0) is 41.9 Å². The minimum atomic E-state index is -5.29. The van der Waals surface area contributed by atoms with Gasteiger partial charge in [0.2, 0.25) is 0 Å². The van der Waals surface area contributed by atoms with Crippen LogP contribution in [0.3, 0.4) is 0 Å². The molecule has 0 saturated carbocycles. The van der Waals surface area contributed by atoms with Gasteiger partial charge in [-0.15, -0.1) is 0 Å². The van der Waals surface area contributed by atoms with Crippen molar-refractivity contribution in [3.05, 3.63) is 12.7 Å². The molecule has 264 valence electrons. The molecular weight excluding hydrogens is 688 g/mol. The third kappa shape index (κ3) is 13.1. The molecule has 25 nitrogen and oxygen atoms in total. The van der Waals surface area contributed by atoms with Crippen LogP contribution in [0, 0.1) is 0 Å². The van der Waals surface area contributed by atoms with E-state index in [2.05, 4.69) is 23.8 Å². The normalized spacial score (nSPS) is 20.9. The molecule has 3 rings (SSSR count). The topological polar surface area (TPSA) is 388 Å². The first-order valence-corrected chi connectivity index (χ1v) is 15.7. The van der Waals surface area contributed by atoms with E-state index < -0.39 is 96.8 Å². The molecule has 0 bridgehead atoms. The molecule has 2 aromatic heterocycles. The minimum Gasteiger partial charge on any atom is -0.480 e. The van der Waals surface area contributed by atoms with Gasteiger partial charge in [0.05, 0.1) is 39.1 Å². The van der Waals surface area contributed by atoms with Gasteiger partial charge in [0.15, 0.2) is 17.7 Å². The van der Waals surface area contributed by atoms with Crippen molar-refractivity contribution >= 4 is 56.5 Å². The lowest BCUT2D eigenvalue weighted by Crippen LogP contribution is -2.43. The number of rotatable bonds is 17. The Balaban J connectivity index is 0.000000345. The van der Waals surface area contributed by atoms with Gasteiger partial charge >= 0.3 is 39.5 Å². The molecule has 1 saturated heterocycles. The summed E-state index contributed by atoms with van der Waals surface area (Å²) in [6.07, 6.45) is -3.20. The smallest absolute Gasteiger partial charge is 0.480 e. The van der Waals surface area contributed by atoms with Gasteiger partial charge in [-0.25, -0.2) is 24.1 Å². The Bertz CT molecular complexity index is 1450. The number of aliphatic hydroxyl groups is 2. The molecule has 1 aliphatic rings. The van der Waals surface area contributed by atoms with Crippen LogP contribution < -0.4 is 5.73 Å². The molecule has 1 fully saturated rings. The van der Waals surface area contributed by atoms with E-state index in [1.807, 2.05) is 0 Å². The van der Waals surface area contributed by atoms with Crippen LogP contribution in [0.1, 0.15) is 6.23 Å². The van der Waals surface area contributed by atoms with Crippen molar-refractivity contribution in [2.24, 2.45) is 0 Å². The van der Waals surface area contributed by atoms with Crippen LogP contribution in [0.25, 0.3) is 11.2 Å². The highest BCUT2D eigenvalue weighted by Gasteiger charge is 2.46. The number of aliphatic carboxylic acids is 4. The molecule has 11 N–H and O–H groups in total. The largest absolute Gasteiger partial charge is 0.481 e. The maximum absolute atomic E-state index is 11.5. The summed E-state index contributed by atoms with van der Waals surface area (Å²) in [5.74, 6) is -4.82. The van der Waals surface area contributed by atoms with Gasteiger partial charge < -0.3 is 55.8 Å². The minimum absolute atomic E-state index is 0.0703. The quantitative estimate of drug-likeness (QED) is 0.0700. The maximum Gasteiger partial charge on any atom is 0.481 e. The van der Waals surface area contributed by atoms with Crippen LogP contribution in [0.2, 0.25) is 0 Å². The highest BCUT2D eigenvalue weighted by atomic mass is 31.3. The monoisotopic (exact) mass is 719 g/mol. The zero-order valence-electron chi connectivity index (χ0n) is 23.8. The number of phosphoric ester groups is 1. The Labute approximate surface area is 262 Å². The molecule has 1 unspecified atom stereocenters. The summed E-state index contributed by atoms with van der Waals surface area (Å²) in [4.78, 5) is 82.4. The summed E-state index contributed by atoms with van der Waals surface area (Å²) in [6.45, 7) is -3.06. The summed E-state index contributed by atoms with van der Waals surface area (Å²) in [5.41, 5.74) is 6.11. The van der Waals surface area contributed by atoms with Crippen molar-refractivity contribution in [2.75, 3.05) is 51.6 Å². The number of fused-ring (bicyclic) bond motifs is 1. The predicted octanol–water partition coefficient (Wildman–Crippen LogP) is -3.82. The molecule has 1 aliphatic heterocycles. The number of hydrogen-bond acceptors (Lipinski definition) is 17. The number of phosphoric acid groups is 2. The van der Waals surface area contributed by atoms with E-state index in [9.17, 15) is 43.4 Å². The predicted molar refractivity (Wildman–Crippen MR) is 148 cm³/mol. The van der Waals surface area contributed by atoms with Gasteiger partial charge in [-0.05, 0) is 0 Å². The Morgan fingerprint density at radius 3 is 1.79 bits per heavy atom. The number of carbonyl (C=O) groups is 4. The first-order chi connectivity index (χ1) is 21.7. The molecule has 5 atom stereocenters. The number of nitrogens with two attached hydrogens (primary N) is 1.